The highest BCUT2D eigenvalue weighted by Crippen LogP contribution is 2.19. The van der Waals surface area contributed by atoms with Gasteiger partial charge in [-0.3, -0.25) is 10.1 Å². The van der Waals surface area contributed by atoms with E-state index in [1.165, 1.54) is 0 Å². The van der Waals surface area contributed by atoms with E-state index in [4.69, 9.17) is 5.11 Å². The molecule has 0 spiro atoms. The zero-order chi connectivity index (χ0) is 13.5. The molecule has 0 fully saturated rings. The molecule has 3 N–H and O–H groups in total. The molecule has 0 aliphatic carbocycles. The monoisotopic (exact) mass is 260 g/mol. The fraction of sp³-hybridized carbons (Fsp3) is 0.429. The van der Waals surface area contributed by atoms with E-state index in [-0.39, 0.29) is 6.61 Å². The lowest BCUT2D eigenvalue weighted by Crippen LogP contribution is -2.25. The zero-order valence-electron chi connectivity index (χ0n) is 11.1. The molecule has 0 aliphatic rings. The predicted octanol–water partition coefficient (Wildman–Crippen LogP) is 1.72. The average Bonchev–Trinajstić information content (AvgIpc) is 2.92. The van der Waals surface area contributed by atoms with Gasteiger partial charge >= 0.3 is 0 Å². The summed E-state index contributed by atoms with van der Waals surface area (Å²) >= 11 is 0. The van der Waals surface area contributed by atoms with E-state index in [9.17, 15) is 0 Å². The van der Waals surface area contributed by atoms with Gasteiger partial charge in [-0.1, -0.05) is 0 Å². The van der Waals surface area contributed by atoms with Crippen LogP contribution in [0.4, 0.5) is 0 Å². The number of aromatic nitrogens is 3. The van der Waals surface area contributed by atoms with Gasteiger partial charge in [-0.25, -0.2) is 0 Å². The second-order valence-corrected chi connectivity index (χ2v) is 4.66. The first-order valence-electron chi connectivity index (χ1n) is 6.58. The molecule has 19 heavy (non-hydrogen) atoms. The third-order valence-corrected chi connectivity index (χ3v) is 3.10. The Bertz CT molecular complexity index is 483. The Hall–Kier alpha value is -1.72. The Balaban J connectivity index is 1.97. The lowest BCUT2D eigenvalue weighted by Gasteiger charge is -2.13. The molecule has 1 atom stereocenters. The molecule has 2 aromatic heterocycles. The summed E-state index contributed by atoms with van der Waals surface area (Å²) in [5.41, 5.74) is 3.18. The molecule has 0 saturated heterocycles. The van der Waals surface area contributed by atoms with Crippen molar-refractivity contribution in [3.8, 4) is 11.3 Å². The van der Waals surface area contributed by atoms with Crippen molar-refractivity contribution in [3.63, 3.8) is 0 Å². The van der Waals surface area contributed by atoms with Crippen LogP contribution in [0.3, 0.4) is 0 Å². The minimum absolute atomic E-state index is 0.249. The van der Waals surface area contributed by atoms with Gasteiger partial charge < -0.3 is 10.4 Å². The highest BCUT2D eigenvalue weighted by molar-refractivity contribution is 5.61. The van der Waals surface area contributed by atoms with Crippen molar-refractivity contribution < 1.29 is 5.11 Å². The van der Waals surface area contributed by atoms with E-state index < -0.39 is 0 Å². The Morgan fingerprint density at radius 2 is 2.32 bits per heavy atom. The maximum absolute atomic E-state index is 8.81. The molecule has 1 unspecified atom stereocenters. The van der Waals surface area contributed by atoms with E-state index in [1.54, 1.807) is 6.20 Å². The Morgan fingerprint density at radius 3 is 3.05 bits per heavy atom. The van der Waals surface area contributed by atoms with Crippen LogP contribution >= 0.6 is 0 Å². The number of rotatable bonds is 7. The van der Waals surface area contributed by atoms with E-state index in [0.29, 0.717) is 6.04 Å². The number of nitrogens with zero attached hydrogens (tertiary/aromatic N) is 2. The Kier molecular flexibility index (Phi) is 5.06. The molecule has 0 saturated carbocycles. The summed E-state index contributed by atoms with van der Waals surface area (Å²) in [5.74, 6) is 0. The fourth-order valence-electron chi connectivity index (χ4n) is 1.99. The molecule has 0 aromatic carbocycles. The number of aliphatic hydroxyl groups is 1. The van der Waals surface area contributed by atoms with Crippen molar-refractivity contribution >= 4 is 0 Å². The van der Waals surface area contributed by atoms with E-state index in [0.717, 1.165) is 36.2 Å². The molecular weight excluding hydrogens is 240 g/mol. The van der Waals surface area contributed by atoms with Gasteiger partial charge in [-0.2, -0.15) is 5.10 Å². The lowest BCUT2D eigenvalue weighted by molar-refractivity contribution is 0.276. The second-order valence-electron chi connectivity index (χ2n) is 4.66. The standard InChI is InChI=1S/C14H20N4O/c1-11(4-3-7-19)16-9-13-10-17-18-14(13)12-5-2-6-15-8-12/h2,5-6,8,10-11,16,19H,3-4,7,9H2,1H3,(H,17,18). The van der Waals surface area contributed by atoms with Crippen molar-refractivity contribution in [2.24, 2.45) is 0 Å². The summed E-state index contributed by atoms with van der Waals surface area (Å²) in [6, 6.07) is 4.31. The van der Waals surface area contributed by atoms with Crippen LogP contribution in [0.15, 0.2) is 30.7 Å². The summed E-state index contributed by atoms with van der Waals surface area (Å²) in [5, 5.41) is 19.4. The summed E-state index contributed by atoms with van der Waals surface area (Å²) < 4.78 is 0. The fourth-order valence-corrected chi connectivity index (χ4v) is 1.99. The first-order valence-corrected chi connectivity index (χ1v) is 6.58. The lowest BCUT2D eigenvalue weighted by atomic mass is 10.1. The zero-order valence-corrected chi connectivity index (χ0v) is 11.1. The van der Waals surface area contributed by atoms with Crippen molar-refractivity contribution in [2.75, 3.05) is 6.61 Å². The van der Waals surface area contributed by atoms with Crippen LogP contribution in [-0.4, -0.2) is 32.9 Å². The number of aromatic amines is 1. The van der Waals surface area contributed by atoms with Crippen molar-refractivity contribution in [3.05, 3.63) is 36.3 Å². The van der Waals surface area contributed by atoms with Crippen molar-refractivity contribution in [2.45, 2.75) is 32.4 Å². The third-order valence-electron chi connectivity index (χ3n) is 3.10. The minimum Gasteiger partial charge on any atom is -0.396 e. The molecule has 0 amide bonds. The summed E-state index contributed by atoms with van der Waals surface area (Å²) in [6.45, 7) is 3.13. The maximum atomic E-state index is 8.81. The number of nitrogens with one attached hydrogen (secondary N) is 2. The molecule has 2 rings (SSSR count). The van der Waals surface area contributed by atoms with Crippen LogP contribution in [0.25, 0.3) is 11.3 Å². The van der Waals surface area contributed by atoms with Crippen LogP contribution in [0, 0.1) is 0 Å². The maximum Gasteiger partial charge on any atom is 0.0710 e. The van der Waals surface area contributed by atoms with E-state index >= 15 is 0 Å². The number of pyridine rings is 1. The number of hydrogen-bond acceptors (Lipinski definition) is 4. The summed E-state index contributed by atoms with van der Waals surface area (Å²) in [4.78, 5) is 4.12. The average molecular weight is 260 g/mol. The van der Waals surface area contributed by atoms with Crippen LogP contribution in [0.1, 0.15) is 25.3 Å². The normalized spacial score (nSPS) is 12.5. The van der Waals surface area contributed by atoms with Gasteiger partial charge in [0, 0.05) is 42.7 Å². The third kappa shape index (κ3) is 3.87. The topological polar surface area (TPSA) is 73.8 Å². The molecule has 2 aromatic rings. The van der Waals surface area contributed by atoms with Crippen LogP contribution in [0.5, 0.6) is 0 Å². The van der Waals surface area contributed by atoms with Crippen LogP contribution in [-0.2, 0) is 6.54 Å². The summed E-state index contributed by atoms with van der Waals surface area (Å²) in [6.07, 6.45) is 7.22. The van der Waals surface area contributed by atoms with Gasteiger partial charge in [0.2, 0.25) is 0 Å². The highest BCUT2D eigenvalue weighted by atomic mass is 16.2. The van der Waals surface area contributed by atoms with Gasteiger partial charge in [0.1, 0.15) is 0 Å². The molecule has 0 aliphatic heterocycles. The molecule has 5 heteroatoms. The molecule has 0 bridgehead atoms. The van der Waals surface area contributed by atoms with E-state index in [1.807, 2.05) is 24.5 Å². The Morgan fingerprint density at radius 1 is 1.42 bits per heavy atom. The summed E-state index contributed by atoms with van der Waals surface area (Å²) in [7, 11) is 0. The first kappa shape index (κ1) is 13.7. The van der Waals surface area contributed by atoms with E-state index in [2.05, 4.69) is 27.4 Å². The van der Waals surface area contributed by atoms with Crippen LogP contribution < -0.4 is 5.32 Å². The second kappa shape index (κ2) is 7.01. The molecule has 2 heterocycles. The predicted molar refractivity (Wildman–Crippen MR) is 74.4 cm³/mol. The molecular formula is C14H20N4O. The number of hydrogen-bond donors (Lipinski definition) is 3. The van der Waals surface area contributed by atoms with Gasteiger partial charge in [0.05, 0.1) is 11.9 Å². The first-order chi connectivity index (χ1) is 9.31. The molecule has 0 radical (unpaired) electrons. The number of aliphatic hydroxyl groups excluding tert-OH is 1. The minimum atomic E-state index is 0.249. The molecule has 5 nitrogen and oxygen atoms in total. The van der Waals surface area contributed by atoms with Gasteiger partial charge in [0.25, 0.3) is 0 Å². The Labute approximate surface area is 113 Å². The van der Waals surface area contributed by atoms with Gasteiger partial charge in [0.15, 0.2) is 0 Å². The number of H-pyrrole nitrogens is 1. The van der Waals surface area contributed by atoms with Gasteiger partial charge in [-0.05, 0) is 31.9 Å². The largest absolute Gasteiger partial charge is 0.396 e. The molecule has 102 valence electrons. The van der Waals surface area contributed by atoms with Crippen molar-refractivity contribution in [1.82, 2.24) is 20.5 Å². The smallest absolute Gasteiger partial charge is 0.0710 e. The highest BCUT2D eigenvalue weighted by Gasteiger charge is 2.09. The van der Waals surface area contributed by atoms with Crippen molar-refractivity contribution in [1.29, 1.82) is 0 Å². The van der Waals surface area contributed by atoms with Gasteiger partial charge in [-0.15, -0.1) is 0 Å². The quantitative estimate of drug-likeness (QED) is 0.708. The van der Waals surface area contributed by atoms with Crippen LogP contribution in [0.2, 0.25) is 0 Å². The SMILES string of the molecule is CC(CCCO)NCc1cn[nH]c1-c1cccnc1.